The maximum atomic E-state index is 5.95. The van der Waals surface area contributed by atoms with Crippen molar-refractivity contribution < 1.29 is 9.47 Å². The van der Waals surface area contributed by atoms with Crippen LogP contribution in [0, 0.1) is 6.92 Å². The number of anilines is 1. The number of fused-ring (bicyclic) bond motifs is 3. The largest absolute Gasteiger partial charge is 0.493 e. The van der Waals surface area contributed by atoms with Gasteiger partial charge >= 0.3 is 0 Å². The Morgan fingerprint density at radius 2 is 1.83 bits per heavy atom. The van der Waals surface area contributed by atoms with Crippen molar-refractivity contribution in [3.63, 3.8) is 0 Å². The Kier molecular flexibility index (Phi) is 6.26. The van der Waals surface area contributed by atoms with Crippen molar-refractivity contribution in [1.82, 2.24) is 19.7 Å². The van der Waals surface area contributed by atoms with E-state index in [0.717, 1.165) is 39.7 Å². The van der Waals surface area contributed by atoms with E-state index in [2.05, 4.69) is 74.5 Å². The molecule has 0 fully saturated rings. The number of hydrogen-bond acceptors (Lipinski definition) is 7. The molecule has 0 aliphatic rings. The van der Waals surface area contributed by atoms with E-state index in [9.17, 15) is 0 Å². The van der Waals surface area contributed by atoms with E-state index < -0.39 is 0 Å². The molecule has 5 rings (SSSR count). The average molecular weight is 467 g/mol. The zero-order valence-electron chi connectivity index (χ0n) is 19.9. The zero-order valence-corrected chi connectivity index (χ0v) is 19.9. The summed E-state index contributed by atoms with van der Waals surface area (Å²) in [5.41, 5.74) is 8.69. The van der Waals surface area contributed by atoms with Gasteiger partial charge in [-0.25, -0.2) is 5.43 Å². The molecular formula is C27H26N6O2. The van der Waals surface area contributed by atoms with Crippen molar-refractivity contribution in [3.05, 3.63) is 83.4 Å². The summed E-state index contributed by atoms with van der Waals surface area (Å²) in [5.74, 6) is 1.63. The van der Waals surface area contributed by atoms with Gasteiger partial charge in [-0.2, -0.15) is 10.1 Å². The second kappa shape index (κ2) is 9.80. The van der Waals surface area contributed by atoms with Crippen molar-refractivity contribution in [2.75, 3.05) is 12.5 Å². The molecule has 35 heavy (non-hydrogen) atoms. The fraction of sp³-hybridized carbons (Fsp3) is 0.185. The van der Waals surface area contributed by atoms with Gasteiger partial charge in [0.2, 0.25) is 0 Å². The van der Waals surface area contributed by atoms with Gasteiger partial charge in [-0.05, 0) is 49.2 Å². The number of nitrogens with zero attached hydrogens (tertiary/aromatic N) is 5. The third-order valence-electron chi connectivity index (χ3n) is 5.77. The normalized spacial score (nSPS) is 11.4. The van der Waals surface area contributed by atoms with Crippen LogP contribution in [0.25, 0.3) is 22.1 Å². The summed E-state index contributed by atoms with van der Waals surface area (Å²) in [6.45, 7) is 5.39. The number of methoxy groups -OCH3 is 1. The molecule has 3 aromatic carbocycles. The predicted molar refractivity (Wildman–Crippen MR) is 138 cm³/mol. The Hall–Kier alpha value is -4.46. The first-order chi connectivity index (χ1) is 17.2. The molecule has 0 amide bonds. The van der Waals surface area contributed by atoms with Gasteiger partial charge in [-0.3, -0.25) is 0 Å². The van der Waals surface area contributed by atoms with E-state index >= 15 is 0 Å². The van der Waals surface area contributed by atoms with Crippen LogP contribution in [0.15, 0.2) is 71.8 Å². The smallest absolute Gasteiger partial charge is 0.265 e. The molecule has 0 aliphatic heterocycles. The summed E-state index contributed by atoms with van der Waals surface area (Å²) in [7, 11) is 1.62. The molecule has 2 aromatic heterocycles. The molecule has 1 N–H and O–H groups in total. The number of hydrogen-bond donors (Lipinski definition) is 1. The average Bonchev–Trinajstić information content (AvgIpc) is 3.21. The van der Waals surface area contributed by atoms with Gasteiger partial charge in [-0.15, -0.1) is 10.2 Å². The highest BCUT2D eigenvalue weighted by atomic mass is 16.5. The van der Waals surface area contributed by atoms with Crippen molar-refractivity contribution in [1.29, 1.82) is 0 Å². The monoisotopic (exact) mass is 466 g/mol. The lowest BCUT2D eigenvalue weighted by atomic mass is 10.2. The molecule has 0 atom stereocenters. The molecule has 0 radical (unpaired) electrons. The number of hydrazone groups is 1. The molecule has 0 unspecified atom stereocenters. The topological polar surface area (TPSA) is 86.5 Å². The highest BCUT2D eigenvalue weighted by Crippen LogP contribution is 2.29. The summed E-state index contributed by atoms with van der Waals surface area (Å²) in [4.78, 5) is 4.64. The number of para-hydroxylation sites is 1. The standard InChI is InChI=1S/C27H26N6O2/c1-4-33-22-8-6-5-7-21(22)25-26(33)29-27(32-30-25)31-28-16-20-13-14-23(24(15-20)34-3)35-17-19-11-9-18(2)10-12-19/h5-16H,4,17H2,1-3H3,(H,29,31,32)/b28-16+. The summed E-state index contributed by atoms with van der Waals surface area (Å²) in [6.07, 6.45) is 1.68. The minimum absolute atomic E-state index is 0.330. The van der Waals surface area contributed by atoms with Crippen LogP contribution in [0.3, 0.4) is 0 Å². The molecule has 0 aliphatic carbocycles. The maximum absolute atomic E-state index is 5.95. The number of nitrogens with one attached hydrogen (secondary N) is 1. The Morgan fingerprint density at radius 3 is 2.63 bits per heavy atom. The van der Waals surface area contributed by atoms with Crippen molar-refractivity contribution in [2.45, 2.75) is 27.0 Å². The maximum Gasteiger partial charge on any atom is 0.265 e. The van der Waals surface area contributed by atoms with E-state index in [0.29, 0.717) is 24.1 Å². The molecule has 0 saturated heterocycles. The molecule has 8 nitrogen and oxygen atoms in total. The highest BCUT2D eigenvalue weighted by molar-refractivity contribution is 6.04. The van der Waals surface area contributed by atoms with Gasteiger partial charge in [-0.1, -0.05) is 48.0 Å². The summed E-state index contributed by atoms with van der Waals surface area (Å²) < 4.78 is 13.6. The van der Waals surface area contributed by atoms with E-state index in [4.69, 9.17) is 9.47 Å². The molecule has 0 spiro atoms. The Morgan fingerprint density at radius 1 is 1.00 bits per heavy atom. The number of ether oxygens (including phenoxy) is 2. The Bertz CT molecular complexity index is 1510. The summed E-state index contributed by atoms with van der Waals surface area (Å²) in [5, 5.41) is 13.9. The van der Waals surface area contributed by atoms with Crippen LogP contribution in [0.1, 0.15) is 23.6 Å². The number of benzene rings is 3. The molecule has 176 valence electrons. The minimum atomic E-state index is 0.330. The fourth-order valence-corrected chi connectivity index (χ4v) is 3.96. The van der Waals surface area contributed by atoms with Crippen LogP contribution >= 0.6 is 0 Å². The number of aryl methyl sites for hydroxylation is 2. The van der Waals surface area contributed by atoms with E-state index in [1.807, 2.05) is 36.4 Å². The summed E-state index contributed by atoms with van der Waals surface area (Å²) >= 11 is 0. The lowest BCUT2D eigenvalue weighted by Gasteiger charge is -2.11. The first kappa shape index (κ1) is 22.3. The van der Waals surface area contributed by atoms with E-state index in [1.165, 1.54) is 5.56 Å². The van der Waals surface area contributed by atoms with Crippen LogP contribution in [-0.4, -0.2) is 33.1 Å². The zero-order chi connectivity index (χ0) is 24.2. The Balaban J connectivity index is 1.30. The lowest BCUT2D eigenvalue weighted by Crippen LogP contribution is -2.02. The van der Waals surface area contributed by atoms with Gasteiger partial charge in [0, 0.05) is 11.9 Å². The molecule has 0 bridgehead atoms. The minimum Gasteiger partial charge on any atom is -0.493 e. The SMILES string of the molecule is CCn1c2ccccc2c2nnc(N/N=C/c3ccc(OCc4ccc(C)cc4)c(OC)c3)nc21. The molecule has 5 aromatic rings. The lowest BCUT2D eigenvalue weighted by molar-refractivity contribution is 0.284. The second-order valence-electron chi connectivity index (χ2n) is 8.12. The second-order valence-corrected chi connectivity index (χ2v) is 8.12. The fourth-order valence-electron chi connectivity index (χ4n) is 3.96. The van der Waals surface area contributed by atoms with Crippen LogP contribution in [0.5, 0.6) is 11.5 Å². The first-order valence-corrected chi connectivity index (χ1v) is 11.4. The van der Waals surface area contributed by atoms with Crippen LogP contribution < -0.4 is 14.9 Å². The van der Waals surface area contributed by atoms with Crippen molar-refractivity contribution in [3.8, 4) is 11.5 Å². The van der Waals surface area contributed by atoms with Crippen LogP contribution in [-0.2, 0) is 13.2 Å². The highest BCUT2D eigenvalue weighted by Gasteiger charge is 2.13. The third kappa shape index (κ3) is 4.63. The van der Waals surface area contributed by atoms with Gasteiger partial charge in [0.05, 0.1) is 18.8 Å². The van der Waals surface area contributed by atoms with Crippen molar-refractivity contribution >= 4 is 34.2 Å². The van der Waals surface area contributed by atoms with Crippen LogP contribution in [0.4, 0.5) is 5.95 Å². The number of rotatable bonds is 8. The predicted octanol–water partition coefficient (Wildman–Crippen LogP) is 5.34. The van der Waals surface area contributed by atoms with E-state index in [1.54, 1.807) is 13.3 Å². The van der Waals surface area contributed by atoms with E-state index in [-0.39, 0.29) is 0 Å². The van der Waals surface area contributed by atoms with Gasteiger partial charge in [0.15, 0.2) is 17.1 Å². The molecule has 2 heterocycles. The molecule has 0 saturated carbocycles. The summed E-state index contributed by atoms with van der Waals surface area (Å²) in [6, 6.07) is 22.0. The van der Waals surface area contributed by atoms with Crippen LogP contribution in [0.2, 0.25) is 0 Å². The quantitative estimate of drug-likeness (QED) is 0.245. The Labute approximate surface area is 203 Å². The van der Waals surface area contributed by atoms with Gasteiger partial charge in [0.25, 0.3) is 5.95 Å². The van der Waals surface area contributed by atoms with Gasteiger partial charge < -0.3 is 14.0 Å². The van der Waals surface area contributed by atoms with Gasteiger partial charge in [0.1, 0.15) is 12.1 Å². The third-order valence-corrected chi connectivity index (χ3v) is 5.77. The molecular weight excluding hydrogens is 440 g/mol. The molecule has 8 heteroatoms. The van der Waals surface area contributed by atoms with Crippen molar-refractivity contribution in [2.24, 2.45) is 5.10 Å². The first-order valence-electron chi connectivity index (χ1n) is 11.4. The number of aromatic nitrogens is 4.